The van der Waals surface area contributed by atoms with E-state index >= 15 is 0 Å². The number of rotatable bonds is 6. The normalized spacial score (nSPS) is 25.0. The Kier molecular flexibility index (Phi) is 5.63. The quantitative estimate of drug-likeness (QED) is 0.791. The van der Waals surface area contributed by atoms with Crippen molar-refractivity contribution >= 4 is 0 Å². The van der Waals surface area contributed by atoms with E-state index in [1.54, 1.807) is 0 Å². The minimum absolute atomic E-state index is 0.0417. The first-order valence-electron chi connectivity index (χ1n) is 7.44. The van der Waals surface area contributed by atoms with E-state index in [4.69, 9.17) is 4.74 Å². The average molecular weight is 256 g/mol. The molecule has 108 valence electrons. The lowest BCUT2D eigenvalue weighted by atomic mass is 9.96. The molecule has 18 heavy (non-hydrogen) atoms. The van der Waals surface area contributed by atoms with Crippen molar-refractivity contribution in [1.82, 2.24) is 10.2 Å². The summed E-state index contributed by atoms with van der Waals surface area (Å²) in [6.07, 6.45) is 2.51. The predicted octanol–water partition coefficient (Wildman–Crippen LogP) is 2.65. The zero-order valence-corrected chi connectivity index (χ0v) is 13.2. The van der Waals surface area contributed by atoms with Crippen molar-refractivity contribution in [2.75, 3.05) is 26.2 Å². The van der Waals surface area contributed by atoms with E-state index < -0.39 is 0 Å². The molecule has 3 heteroatoms. The summed E-state index contributed by atoms with van der Waals surface area (Å²) in [6.45, 7) is 17.5. The molecule has 1 saturated heterocycles. The Morgan fingerprint density at radius 1 is 1.11 bits per heavy atom. The number of nitrogens with zero attached hydrogens (tertiary/aromatic N) is 1. The minimum Gasteiger partial charge on any atom is -0.367 e. The first-order valence-corrected chi connectivity index (χ1v) is 7.44. The molecule has 1 heterocycles. The molecular formula is C15H32N2O. The summed E-state index contributed by atoms with van der Waals surface area (Å²) in [5, 5.41) is 3.50. The number of likely N-dealkylation sites (N-methyl/N-ethyl adjacent to an activating group) is 1. The van der Waals surface area contributed by atoms with Crippen LogP contribution in [0.3, 0.4) is 0 Å². The topological polar surface area (TPSA) is 24.5 Å². The molecule has 1 fully saturated rings. The van der Waals surface area contributed by atoms with Crippen LogP contribution in [0.4, 0.5) is 0 Å². The van der Waals surface area contributed by atoms with Crippen LogP contribution in [0, 0.1) is 0 Å². The summed E-state index contributed by atoms with van der Waals surface area (Å²) in [4.78, 5) is 2.62. The number of ether oxygens (including phenoxy) is 1. The third-order valence-electron chi connectivity index (χ3n) is 3.49. The van der Waals surface area contributed by atoms with Crippen LogP contribution in [0.15, 0.2) is 0 Å². The van der Waals surface area contributed by atoms with Crippen LogP contribution in [0.5, 0.6) is 0 Å². The summed E-state index contributed by atoms with van der Waals surface area (Å²) < 4.78 is 6.16. The van der Waals surface area contributed by atoms with Crippen LogP contribution in [0.1, 0.15) is 54.4 Å². The lowest BCUT2D eigenvalue weighted by Crippen LogP contribution is -2.61. The molecule has 3 nitrogen and oxygen atoms in total. The summed E-state index contributed by atoms with van der Waals surface area (Å²) in [6, 6.07) is 0.636. The van der Waals surface area contributed by atoms with Crippen LogP contribution < -0.4 is 5.32 Å². The van der Waals surface area contributed by atoms with Crippen molar-refractivity contribution in [1.29, 1.82) is 0 Å². The number of nitrogens with one attached hydrogen (secondary N) is 1. The van der Waals surface area contributed by atoms with Gasteiger partial charge in [0.2, 0.25) is 0 Å². The van der Waals surface area contributed by atoms with Gasteiger partial charge in [0, 0.05) is 25.7 Å². The third-order valence-corrected chi connectivity index (χ3v) is 3.49. The summed E-state index contributed by atoms with van der Waals surface area (Å²) in [5.41, 5.74) is -0.0834. The fourth-order valence-corrected chi connectivity index (χ4v) is 3.16. The Morgan fingerprint density at radius 2 is 1.67 bits per heavy atom. The van der Waals surface area contributed by atoms with E-state index in [9.17, 15) is 0 Å². The molecule has 0 bridgehead atoms. The van der Waals surface area contributed by atoms with Crippen molar-refractivity contribution in [3.05, 3.63) is 0 Å². The second-order valence-electron chi connectivity index (χ2n) is 6.78. The molecule has 1 aliphatic rings. The predicted molar refractivity (Wildman–Crippen MR) is 78.1 cm³/mol. The molecule has 1 atom stereocenters. The van der Waals surface area contributed by atoms with Crippen molar-refractivity contribution in [3.8, 4) is 0 Å². The van der Waals surface area contributed by atoms with Crippen LogP contribution in [0.2, 0.25) is 0 Å². The smallest absolute Gasteiger partial charge is 0.0760 e. The van der Waals surface area contributed by atoms with Gasteiger partial charge in [-0.05, 0) is 40.7 Å². The van der Waals surface area contributed by atoms with Gasteiger partial charge in [-0.2, -0.15) is 0 Å². The molecule has 0 spiro atoms. The highest BCUT2D eigenvalue weighted by Gasteiger charge is 2.40. The summed E-state index contributed by atoms with van der Waals surface area (Å²) in [7, 11) is 0. The second kappa shape index (κ2) is 6.36. The van der Waals surface area contributed by atoms with Crippen molar-refractivity contribution in [2.24, 2.45) is 0 Å². The molecule has 0 aromatic carbocycles. The average Bonchev–Trinajstić information content (AvgIpc) is 2.19. The molecule has 1 unspecified atom stereocenters. The number of morpholine rings is 1. The number of hydrogen-bond acceptors (Lipinski definition) is 3. The Labute approximate surface area is 113 Å². The SMILES string of the molecule is CCCC(CNCC)N1CC(C)(C)OC(C)(C)C1. The summed E-state index contributed by atoms with van der Waals surface area (Å²) in [5.74, 6) is 0. The molecule has 0 saturated carbocycles. The van der Waals surface area contributed by atoms with Gasteiger partial charge in [-0.15, -0.1) is 0 Å². The summed E-state index contributed by atoms with van der Waals surface area (Å²) >= 11 is 0. The fraction of sp³-hybridized carbons (Fsp3) is 1.00. The molecule has 0 aliphatic carbocycles. The van der Waals surface area contributed by atoms with Crippen LogP contribution >= 0.6 is 0 Å². The molecule has 1 aliphatic heterocycles. The molecule has 0 amide bonds. The van der Waals surface area contributed by atoms with Crippen LogP contribution in [-0.2, 0) is 4.74 Å². The van der Waals surface area contributed by atoms with E-state index in [0.29, 0.717) is 6.04 Å². The van der Waals surface area contributed by atoms with Gasteiger partial charge in [0.05, 0.1) is 11.2 Å². The molecule has 0 aromatic heterocycles. The van der Waals surface area contributed by atoms with E-state index in [0.717, 1.165) is 26.2 Å². The molecule has 1 rings (SSSR count). The molecular weight excluding hydrogens is 224 g/mol. The fourth-order valence-electron chi connectivity index (χ4n) is 3.16. The highest BCUT2D eigenvalue weighted by atomic mass is 16.5. The lowest BCUT2D eigenvalue weighted by Gasteiger charge is -2.49. The van der Waals surface area contributed by atoms with E-state index in [1.165, 1.54) is 12.8 Å². The maximum absolute atomic E-state index is 6.16. The molecule has 1 N–H and O–H groups in total. The van der Waals surface area contributed by atoms with Crippen molar-refractivity contribution in [2.45, 2.75) is 71.6 Å². The second-order valence-corrected chi connectivity index (χ2v) is 6.78. The lowest BCUT2D eigenvalue weighted by molar-refractivity contribution is -0.187. The first-order chi connectivity index (χ1) is 8.29. The third kappa shape index (κ3) is 4.87. The van der Waals surface area contributed by atoms with Gasteiger partial charge in [-0.25, -0.2) is 0 Å². The van der Waals surface area contributed by atoms with Gasteiger partial charge in [-0.3, -0.25) is 4.90 Å². The monoisotopic (exact) mass is 256 g/mol. The maximum Gasteiger partial charge on any atom is 0.0760 e. The Balaban J connectivity index is 2.70. The van der Waals surface area contributed by atoms with E-state index in [2.05, 4.69) is 51.8 Å². The minimum atomic E-state index is -0.0417. The van der Waals surface area contributed by atoms with Crippen molar-refractivity contribution in [3.63, 3.8) is 0 Å². The number of hydrogen-bond donors (Lipinski definition) is 1. The maximum atomic E-state index is 6.16. The molecule has 0 aromatic rings. The van der Waals surface area contributed by atoms with Gasteiger partial charge < -0.3 is 10.1 Å². The highest BCUT2D eigenvalue weighted by Crippen LogP contribution is 2.29. The van der Waals surface area contributed by atoms with Crippen molar-refractivity contribution < 1.29 is 4.74 Å². The van der Waals surface area contributed by atoms with Gasteiger partial charge in [-0.1, -0.05) is 20.3 Å². The first kappa shape index (κ1) is 15.9. The molecule has 0 radical (unpaired) electrons. The van der Waals surface area contributed by atoms with E-state index in [-0.39, 0.29) is 11.2 Å². The van der Waals surface area contributed by atoms with Gasteiger partial charge in [0.15, 0.2) is 0 Å². The largest absolute Gasteiger partial charge is 0.367 e. The van der Waals surface area contributed by atoms with Gasteiger partial charge in [0.1, 0.15) is 0 Å². The standard InChI is InChI=1S/C15H32N2O/c1-7-9-13(10-16-8-2)17-11-14(3,4)18-15(5,6)12-17/h13,16H,7-12H2,1-6H3. The van der Waals surface area contributed by atoms with E-state index in [1.807, 2.05) is 0 Å². The highest BCUT2D eigenvalue weighted by molar-refractivity contribution is 4.92. The Hall–Kier alpha value is -0.120. The zero-order chi connectivity index (χ0) is 13.8. The van der Waals surface area contributed by atoms with Gasteiger partial charge in [0.25, 0.3) is 0 Å². The van der Waals surface area contributed by atoms with Gasteiger partial charge >= 0.3 is 0 Å². The Bertz CT molecular complexity index is 235. The van der Waals surface area contributed by atoms with Crippen LogP contribution in [-0.4, -0.2) is 48.3 Å². The van der Waals surface area contributed by atoms with Crippen LogP contribution in [0.25, 0.3) is 0 Å². The zero-order valence-electron chi connectivity index (χ0n) is 13.2. The Morgan fingerprint density at radius 3 is 2.11 bits per heavy atom.